The molecule has 0 aromatic carbocycles. The Bertz CT molecular complexity index is 740. The molecule has 0 aliphatic carbocycles. The highest BCUT2D eigenvalue weighted by Gasteiger charge is 2.35. The van der Waals surface area contributed by atoms with Crippen LogP contribution in [0.4, 0.5) is 0 Å². The number of aliphatic carboxylic acids is 3. The van der Waals surface area contributed by atoms with Gasteiger partial charge in [-0.05, 0) is 0 Å². The summed E-state index contributed by atoms with van der Waals surface area (Å²) in [4.78, 5) is 57.2. The van der Waals surface area contributed by atoms with Crippen molar-refractivity contribution >= 4 is 17.9 Å². The van der Waals surface area contributed by atoms with E-state index in [1.165, 1.54) is 0 Å². The first-order valence-electron chi connectivity index (χ1n) is 6.05. The number of carboxylic acid groups (broad SMARTS) is 3. The molecule has 0 saturated carbocycles. The number of carboxylic acids is 3. The van der Waals surface area contributed by atoms with E-state index in [-0.39, 0.29) is 0 Å². The van der Waals surface area contributed by atoms with Gasteiger partial charge >= 0.3 is 29.3 Å². The van der Waals surface area contributed by atoms with Gasteiger partial charge in [0.05, 0.1) is 6.42 Å². The normalized spacial score (nSPS) is 19.6. The second-order valence-electron chi connectivity index (χ2n) is 4.50. The molecule has 0 radical (unpaired) electrons. The SMILES string of the molecule is O=C(O)CCn1c(=O)n2n(c1=O)C(C(=O)O)C=CC2C(=O)O. The smallest absolute Gasteiger partial charge is 0.348 e. The lowest BCUT2D eigenvalue weighted by atomic mass is 10.1. The maximum atomic E-state index is 12.2. The van der Waals surface area contributed by atoms with E-state index >= 15 is 0 Å². The van der Waals surface area contributed by atoms with Crippen LogP contribution in [0.1, 0.15) is 18.5 Å². The molecule has 0 fully saturated rings. The van der Waals surface area contributed by atoms with E-state index in [0.29, 0.717) is 13.9 Å². The number of nitrogens with zero attached hydrogens (tertiary/aromatic N) is 3. The van der Waals surface area contributed by atoms with Crippen molar-refractivity contribution in [2.24, 2.45) is 0 Å². The van der Waals surface area contributed by atoms with Gasteiger partial charge in [-0.15, -0.1) is 0 Å². The minimum atomic E-state index is -1.54. The zero-order valence-electron chi connectivity index (χ0n) is 10.9. The Labute approximate surface area is 120 Å². The third-order valence-corrected chi connectivity index (χ3v) is 3.14. The summed E-state index contributed by atoms with van der Waals surface area (Å²) >= 11 is 0. The van der Waals surface area contributed by atoms with E-state index in [9.17, 15) is 24.0 Å². The van der Waals surface area contributed by atoms with Gasteiger partial charge in [-0.1, -0.05) is 12.2 Å². The van der Waals surface area contributed by atoms with Gasteiger partial charge in [0.2, 0.25) is 0 Å². The number of aromatic nitrogens is 3. The van der Waals surface area contributed by atoms with Crippen LogP contribution in [0.3, 0.4) is 0 Å². The zero-order chi connectivity index (χ0) is 16.6. The predicted molar refractivity (Wildman–Crippen MR) is 67.7 cm³/mol. The van der Waals surface area contributed by atoms with Crippen molar-refractivity contribution in [3.8, 4) is 0 Å². The van der Waals surface area contributed by atoms with Crippen molar-refractivity contribution in [1.82, 2.24) is 13.9 Å². The summed E-state index contributed by atoms with van der Waals surface area (Å²) in [6.45, 7) is -0.487. The van der Waals surface area contributed by atoms with Gasteiger partial charge < -0.3 is 15.3 Å². The van der Waals surface area contributed by atoms with Gasteiger partial charge in [0.15, 0.2) is 12.1 Å². The van der Waals surface area contributed by atoms with Crippen LogP contribution in [0.5, 0.6) is 0 Å². The lowest BCUT2D eigenvalue weighted by molar-refractivity contribution is -0.143. The molecule has 2 rings (SSSR count). The van der Waals surface area contributed by atoms with Gasteiger partial charge in [-0.2, -0.15) is 0 Å². The maximum Gasteiger partial charge on any atom is 0.348 e. The van der Waals surface area contributed by atoms with Crippen LogP contribution < -0.4 is 11.4 Å². The van der Waals surface area contributed by atoms with E-state index in [0.717, 1.165) is 12.2 Å². The van der Waals surface area contributed by atoms with Gasteiger partial charge in [0.25, 0.3) is 0 Å². The number of fused-ring (bicyclic) bond motifs is 1. The van der Waals surface area contributed by atoms with Crippen LogP contribution in [0, 0.1) is 0 Å². The van der Waals surface area contributed by atoms with Gasteiger partial charge in [-0.3, -0.25) is 4.79 Å². The fourth-order valence-electron chi connectivity index (χ4n) is 2.17. The minimum absolute atomic E-state index is 0.487. The molecule has 0 saturated heterocycles. The fraction of sp³-hybridized carbons (Fsp3) is 0.364. The van der Waals surface area contributed by atoms with Gasteiger partial charge in [0, 0.05) is 6.54 Å². The molecule has 1 aliphatic heterocycles. The monoisotopic (exact) mass is 313 g/mol. The summed E-state index contributed by atoms with van der Waals surface area (Å²) in [5, 5.41) is 26.8. The molecule has 1 aromatic rings. The van der Waals surface area contributed by atoms with E-state index < -0.39 is 54.3 Å². The average molecular weight is 313 g/mol. The first-order valence-corrected chi connectivity index (χ1v) is 6.05. The number of carbonyl (C=O) groups is 3. The number of hydrogen-bond donors (Lipinski definition) is 3. The summed E-state index contributed by atoms with van der Waals surface area (Å²) in [6.07, 6.45) is 1.44. The van der Waals surface area contributed by atoms with Crippen molar-refractivity contribution in [3.05, 3.63) is 33.1 Å². The van der Waals surface area contributed by atoms with Crippen molar-refractivity contribution in [2.75, 3.05) is 0 Å². The minimum Gasteiger partial charge on any atom is -0.481 e. The molecular formula is C11H11N3O8. The highest BCUT2D eigenvalue weighted by atomic mass is 16.4. The first-order chi connectivity index (χ1) is 10.3. The second-order valence-corrected chi connectivity index (χ2v) is 4.50. The standard InChI is InChI=1S/C11H11N3O8/c15-7(16)3-4-12-10(21)13-5(8(17)18)1-2-6(9(19)20)14(13)11(12)22/h1-2,5-6H,3-4H2,(H,15,16)(H,17,18)(H,19,20). The molecule has 3 N–H and O–H groups in total. The summed E-state index contributed by atoms with van der Waals surface area (Å²) in [5.41, 5.74) is -2.15. The molecule has 0 amide bonds. The third kappa shape index (κ3) is 2.32. The van der Waals surface area contributed by atoms with E-state index in [1.54, 1.807) is 0 Å². The molecule has 11 nitrogen and oxygen atoms in total. The van der Waals surface area contributed by atoms with Gasteiger partial charge in [-0.25, -0.2) is 33.1 Å². The van der Waals surface area contributed by atoms with Crippen LogP contribution in [0.2, 0.25) is 0 Å². The Hall–Kier alpha value is -3.11. The molecule has 1 aliphatic rings. The summed E-state index contributed by atoms with van der Waals surface area (Å²) < 4.78 is 1.52. The van der Waals surface area contributed by atoms with Crippen LogP contribution in [-0.4, -0.2) is 47.2 Å². The largest absolute Gasteiger partial charge is 0.481 e. The number of rotatable bonds is 5. The van der Waals surface area contributed by atoms with Crippen LogP contribution in [0.25, 0.3) is 0 Å². The highest BCUT2D eigenvalue weighted by Crippen LogP contribution is 2.18. The van der Waals surface area contributed by atoms with Crippen molar-refractivity contribution in [3.63, 3.8) is 0 Å². The fourth-order valence-corrected chi connectivity index (χ4v) is 2.17. The molecule has 2 heterocycles. The van der Waals surface area contributed by atoms with Crippen molar-refractivity contribution in [2.45, 2.75) is 25.0 Å². The Balaban J connectivity index is 2.66. The summed E-state index contributed by atoms with van der Waals surface area (Å²) in [5.74, 6) is -4.17. The van der Waals surface area contributed by atoms with E-state index in [2.05, 4.69) is 0 Å². The quantitative estimate of drug-likeness (QED) is 0.531. The molecule has 11 heteroatoms. The Morgan fingerprint density at radius 1 is 0.909 bits per heavy atom. The molecule has 0 spiro atoms. The molecule has 0 bridgehead atoms. The lowest BCUT2D eigenvalue weighted by Gasteiger charge is -2.21. The molecule has 22 heavy (non-hydrogen) atoms. The summed E-state index contributed by atoms with van der Waals surface area (Å²) in [7, 11) is 0. The number of hydrogen-bond acceptors (Lipinski definition) is 5. The summed E-state index contributed by atoms with van der Waals surface area (Å²) in [6, 6.07) is -3.08. The Morgan fingerprint density at radius 3 is 1.64 bits per heavy atom. The Kier molecular flexibility index (Phi) is 3.72. The molecule has 118 valence electrons. The third-order valence-electron chi connectivity index (χ3n) is 3.14. The van der Waals surface area contributed by atoms with Crippen molar-refractivity contribution < 1.29 is 29.7 Å². The molecule has 1 aromatic heterocycles. The van der Waals surface area contributed by atoms with E-state index in [4.69, 9.17) is 15.3 Å². The highest BCUT2D eigenvalue weighted by molar-refractivity contribution is 5.77. The molecular weight excluding hydrogens is 302 g/mol. The van der Waals surface area contributed by atoms with Gasteiger partial charge in [0.1, 0.15) is 0 Å². The molecule has 2 atom stereocenters. The van der Waals surface area contributed by atoms with Crippen LogP contribution >= 0.6 is 0 Å². The second kappa shape index (κ2) is 5.35. The van der Waals surface area contributed by atoms with Crippen LogP contribution in [-0.2, 0) is 20.9 Å². The predicted octanol–water partition coefficient (Wildman–Crippen LogP) is -1.89. The Morgan fingerprint density at radius 2 is 1.32 bits per heavy atom. The molecule has 2 unspecified atom stereocenters. The zero-order valence-corrected chi connectivity index (χ0v) is 10.9. The lowest BCUT2D eigenvalue weighted by Crippen LogP contribution is -2.40. The maximum absolute atomic E-state index is 12.2. The van der Waals surface area contributed by atoms with E-state index in [1.807, 2.05) is 0 Å². The topological polar surface area (TPSA) is 161 Å². The average Bonchev–Trinajstić information content (AvgIpc) is 2.68. The van der Waals surface area contributed by atoms with Crippen LogP contribution in [0.15, 0.2) is 21.7 Å². The van der Waals surface area contributed by atoms with Crippen molar-refractivity contribution in [1.29, 1.82) is 0 Å². The first kappa shape index (κ1) is 15.3.